The molecule has 2 amide bonds. The van der Waals surface area contributed by atoms with Crippen LogP contribution in [0.25, 0.3) is 0 Å². The largest absolute Gasteiger partial charge is 0.478 e. The molecule has 2 heterocycles. The van der Waals surface area contributed by atoms with Crippen molar-refractivity contribution in [1.82, 2.24) is 14.9 Å². The Kier molecular flexibility index (Phi) is 4.71. The van der Waals surface area contributed by atoms with Crippen molar-refractivity contribution in [3.05, 3.63) is 82.9 Å². The number of amides is 2. The van der Waals surface area contributed by atoms with E-state index in [-0.39, 0.29) is 17.7 Å². The van der Waals surface area contributed by atoms with Crippen LogP contribution in [0, 0.1) is 11.6 Å². The zero-order valence-electron chi connectivity index (χ0n) is 15.0. The monoisotopic (exact) mass is 398 g/mol. The van der Waals surface area contributed by atoms with E-state index in [1.165, 1.54) is 47.6 Å². The summed E-state index contributed by atoms with van der Waals surface area (Å²) < 4.78 is 28.4. The minimum Gasteiger partial charge on any atom is -0.478 e. The molecule has 1 aromatic heterocycles. The first-order valence-corrected chi connectivity index (χ1v) is 8.82. The van der Waals surface area contributed by atoms with E-state index < -0.39 is 29.7 Å². The molecule has 9 heteroatoms. The lowest BCUT2D eigenvalue weighted by atomic mass is 9.95. The van der Waals surface area contributed by atoms with Crippen molar-refractivity contribution in [2.75, 3.05) is 11.9 Å². The summed E-state index contributed by atoms with van der Waals surface area (Å²) in [7, 11) is 0. The molecular formula is C20H16F2N4O3. The van der Waals surface area contributed by atoms with E-state index in [4.69, 9.17) is 5.11 Å². The van der Waals surface area contributed by atoms with Gasteiger partial charge in [-0.2, -0.15) is 0 Å². The van der Waals surface area contributed by atoms with E-state index in [9.17, 15) is 18.4 Å². The molecule has 0 saturated heterocycles. The molecule has 3 aromatic rings. The van der Waals surface area contributed by atoms with Crippen molar-refractivity contribution >= 4 is 17.7 Å². The van der Waals surface area contributed by atoms with Crippen LogP contribution in [0.1, 0.15) is 33.4 Å². The molecule has 0 saturated carbocycles. The first-order chi connectivity index (χ1) is 14.0. The smallest absolute Gasteiger partial charge is 0.335 e. The van der Waals surface area contributed by atoms with Crippen molar-refractivity contribution in [2.24, 2.45) is 0 Å². The second-order valence-corrected chi connectivity index (χ2v) is 6.57. The Hall–Kier alpha value is -3.75. The molecule has 0 fully saturated rings. The summed E-state index contributed by atoms with van der Waals surface area (Å²) in [4.78, 5) is 32.5. The van der Waals surface area contributed by atoms with Crippen molar-refractivity contribution < 1.29 is 23.5 Å². The van der Waals surface area contributed by atoms with Gasteiger partial charge in [-0.05, 0) is 30.3 Å². The van der Waals surface area contributed by atoms with Gasteiger partial charge in [-0.15, -0.1) is 0 Å². The number of H-pyrrole nitrogens is 1. The van der Waals surface area contributed by atoms with Crippen LogP contribution in [0.4, 0.5) is 19.3 Å². The van der Waals surface area contributed by atoms with Crippen molar-refractivity contribution in [3.63, 3.8) is 0 Å². The van der Waals surface area contributed by atoms with Gasteiger partial charge in [0.1, 0.15) is 6.04 Å². The Bertz CT molecular complexity index is 1080. The van der Waals surface area contributed by atoms with Crippen LogP contribution in [0.2, 0.25) is 0 Å². The molecule has 29 heavy (non-hydrogen) atoms. The number of fused-ring (bicyclic) bond motifs is 1. The van der Waals surface area contributed by atoms with Gasteiger partial charge in [0, 0.05) is 29.9 Å². The van der Waals surface area contributed by atoms with Gasteiger partial charge in [-0.1, -0.05) is 12.1 Å². The van der Waals surface area contributed by atoms with Gasteiger partial charge in [0.2, 0.25) is 0 Å². The lowest BCUT2D eigenvalue weighted by Gasteiger charge is -2.35. The zero-order valence-corrected chi connectivity index (χ0v) is 15.0. The van der Waals surface area contributed by atoms with Crippen LogP contribution < -0.4 is 5.32 Å². The highest BCUT2D eigenvalue weighted by Crippen LogP contribution is 2.35. The number of hydrogen-bond acceptors (Lipinski definition) is 3. The maximum atomic E-state index is 14.5. The number of carbonyl (C=O) groups is 2. The van der Waals surface area contributed by atoms with E-state index in [2.05, 4.69) is 15.3 Å². The van der Waals surface area contributed by atoms with Gasteiger partial charge in [-0.25, -0.2) is 23.4 Å². The highest BCUT2D eigenvalue weighted by atomic mass is 19.2. The fourth-order valence-electron chi connectivity index (χ4n) is 3.43. The topological polar surface area (TPSA) is 98.3 Å². The predicted octanol–water partition coefficient (Wildman–Crippen LogP) is 3.57. The number of hydrogen-bond donors (Lipinski definition) is 3. The number of carboxylic acid groups (broad SMARTS) is 1. The molecule has 1 aliphatic rings. The number of aromatic amines is 1. The Morgan fingerprint density at radius 3 is 2.66 bits per heavy atom. The van der Waals surface area contributed by atoms with Gasteiger partial charge in [0.05, 0.1) is 17.6 Å². The standard InChI is InChI=1S/C20H16F2N4O3/c21-14-3-1-2-13(16(14)22)18-17-15(23-10-24-17)8-9-26(18)20(29)25-12-6-4-11(5-7-12)19(27)28/h1-7,10,18H,8-9H2,(H,23,24)(H,25,29)(H,27,28). The molecule has 0 aliphatic carbocycles. The number of nitrogens with one attached hydrogen (secondary N) is 2. The number of anilines is 1. The van der Waals surface area contributed by atoms with Crippen LogP contribution in [0.15, 0.2) is 48.8 Å². The van der Waals surface area contributed by atoms with Crippen LogP contribution in [-0.4, -0.2) is 38.5 Å². The quantitative estimate of drug-likeness (QED) is 0.628. The van der Waals surface area contributed by atoms with E-state index in [1.54, 1.807) is 0 Å². The van der Waals surface area contributed by atoms with Gasteiger partial charge in [0.25, 0.3) is 0 Å². The minimum absolute atomic E-state index is 0.00873. The summed E-state index contributed by atoms with van der Waals surface area (Å²) in [5, 5.41) is 11.6. The number of rotatable bonds is 3. The molecule has 3 N–H and O–H groups in total. The number of nitrogens with zero attached hydrogens (tertiary/aromatic N) is 2. The molecular weight excluding hydrogens is 382 g/mol. The van der Waals surface area contributed by atoms with E-state index in [0.29, 0.717) is 17.8 Å². The fourth-order valence-corrected chi connectivity index (χ4v) is 3.43. The maximum absolute atomic E-state index is 14.5. The number of aromatic carboxylic acids is 1. The molecule has 7 nitrogen and oxygen atoms in total. The molecule has 0 spiro atoms. The van der Waals surface area contributed by atoms with Gasteiger partial charge < -0.3 is 20.3 Å². The van der Waals surface area contributed by atoms with Gasteiger partial charge in [0.15, 0.2) is 11.6 Å². The Balaban J connectivity index is 1.67. The van der Waals surface area contributed by atoms with Crippen LogP contribution in [-0.2, 0) is 6.42 Å². The van der Waals surface area contributed by atoms with E-state index in [0.717, 1.165) is 11.8 Å². The fraction of sp³-hybridized carbons (Fsp3) is 0.150. The lowest BCUT2D eigenvalue weighted by Crippen LogP contribution is -2.43. The normalized spacial score (nSPS) is 15.7. The minimum atomic E-state index is -1.08. The third-order valence-corrected chi connectivity index (χ3v) is 4.85. The molecule has 0 radical (unpaired) electrons. The third-order valence-electron chi connectivity index (χ3n) is 4.85. The maximum Gasteiger partial charge on any atom is 0.335 e. The SMILES string of the molecule is O=C(O)c1ccc(NC(=O)N2CCc3[nH]cnc3C2c2cccc(F)c2F)cc1. The summed E-state index contributed by atoms with van der Waals surface area (Å²) in [6.45, 7) is 0.259. The van der Waals surface area contributed by atoms with Gasteiger partial charge >= 0.3 is 12.0 Å². The Labute approximate surface area is 164 Å². The summed E-state index contributed by atoms with van der Waals surface area (Å²) in [5.74, 6) is -3.11. The Morgan fingerprint density at radius 2 is 1.93 bits per heavy atom. The summed E-state index contributed by atoms with van der Waals surface area (Å²) >= 11 is 0. The number of imidazole rings is 1. The predicted molar refractivity (Wildman–Crippen MR) is 99.6 cm³/mol. The summed E-state index contributed by atoms with van der Waals surface area (Å²) in [6.07, 6.45) is 1.94. The third kappa shape index (κ3) is 3.42. The second kappa shape index (κ2) is 7.34. The van der Waals surface area contributed by atoms with E-state index >= 15 is 0 Å². The van der Waals surface area contributed by atoms with Crippen molar-refractivity contribution in [1.29, 1.82) is 0 Å². The van der Waals surface area contributed by atoms with Gasteiger partial charge in [-0.3, -0.25) is 0 Å². The number of carbonyl (C=O) groups excluding carboxylic acids is 1. The molecule has 4 rings (SSSR count). The van der Waals surface area contributed by atoms with E-state index in [1.807, 2.05) is 0 Å². The molecule has 0 bridgehead atoms. The number of carboxylic acids is 1. The molecule has 1 atom stereocenters. The second-order valence-electron chi connectivity index (χ2n) is 6.57. The average molecular weight is 398 g/mol. The Morgan fingerprint density at radius 1 is 1.17 bits per heavy atom. The lowest BCUT2D eigenvalue weighted by molar-refractivity contribution is 0.0697. The number of urea groups is 1. The number of halogens is 2. The molecule has 1 unspecified atom stereocenters. The first-order valence-electron chi connectivity index (χ1n) is 8.82. The van der Waals surface area contributed by atoms with Crippen molar-refractivity contribution in [2.45, 2.75) is 12.5 Å². The summed E-state index contributed by atoms with van der Waals surface area (Å²) in [6, 6.07) is 8.04. The number of aromatic nitrogens is 2. The molecule has 1 aliphatic heterocycles. The first kappa shape index (κ1) is 18.6. The molecule has 148 valence electrons. The molecule has 2 aromatic carbocycles. The number of benzene rings is 2. The van der Waals surface area contributed by atoms with Crippen LogP contribution >= 0.6 is 0 Å². The highest BCUT2D eigenvalue weighted by Gasteiger charge is 2.36. The highest BCUT2D eigenvalue weighted by molar-refractivity contribution is 5.92. The van der Waals surface area contributed by atoms with Crippen LogP contribution in [0.3, 0.4) is 0 Å². The van der Waals surface area contributed by atoms with Crippen LogP contribution in [0.5, 0.6) is 0 Å². The summed E-state index contributed by atoms with van der Waals surface area (Å²) in [5.41, 5.74) is 1.69. The van der Waals surface area contributed by atoms with Crippen molar-refractivity contribution in [3.8, 4) is 0 Å². The average Bonchev–Trinajstić information content (AvgIpc) is 3.19. The zero-order chi connectivity index (χ0) is 20.5.